The Morgan fingerprint density at radius 3 is 2.76 bits per heavy atom. The van der Waals surface area contributed by atoms with E-state index in [1.54, 1.807) is 24.5 Å². The Morgan fingerprint density at radius 2 is 2.29 bits per heavy atom. The molecule has 17 heavy (non-hydrogen) atoms. The molecule has 0 atom stereocenters. The number of aliphatic hydroxyl groups excluding tert-OH is 1. The van der Waals surface area contributed by atoms with Crippen molar-refractivity contribution in [2.45, 2.75) is 26.3 Å². The molecule has 4 nitrogen and oxygen atoms in total. The SMILES string of the molecule is Cc1nc(/C=C/C(=O)N(C)C(C)(C)CO)cs1. The molecule has 0 saturated heterocycles. The van der Waals surface area contributed by atoms with E-state index in [1.807, 2.05) is 26.2 Å². The molecular formula is C12H18N2O2S. The fourth-order valence-electron chi connectivity index (χ4n) is 1.13. The zero-order valence-corrected chi connectivity index (χ0v) is 11.4. The third-order valence-electron chi connectivity index (χ3n) is 2.66. The molecule has 1 aromatic heterocycles. The van der Waals surface area contributed by atoms with E-state index in [2.05, 4.69) is 4.98 Å². The van der Waals surface area contributed by atoms with Crippen LogP contribution in [-0.2, 0) is 4.79 Å². The lowest BCUT2D eigenvalue weighted by molar-refractivity contribution is -0.130. The maximum absolute atomic E-state index is 11.8. The van der Waals surface area contributed by atoms with Crippen molar-refractivity contribution in [3.63, 3.8) is 0 Å². The van der Waals surface area contributed by atoms with Crippen LogP contribution in [0.25, 0.3) is 6.08 Å². The predicted molar refractivity (Wildman–Crippen MR) is 69.8 cm³/mol. The number of likely N-dealkylation sites (N-methyl/N-ethyl adjacent to an activating group) is 1. The van der Waals surface area contributed by atoms with Gasteiger partial charge in [0.05, 0.1) is 22.8 Å². The maximum Gasteiger partial charge on any atom is 0.246 e. The second-order valence-electron chi connectivity index (χ2n) is 4.49. The number of carbonyl (C=O) groups excluding carboxylic acids is 1. The van der Waals surface area contributed by atoms with E-state index in [9.17, 15) is 9.90 Å². The molecule has 5 heteroatoms. The first-order valence-electron chi connectivity index (χ1n) is 5.35. The first kappa shape index (κ1) is 13.9. The average molecular weight is 254 g/mol. The van der Waals surface area contributed by atoms with Gasteiger partial charge >= 0.3 is 0 Å². The molecule has 0 unspecified atom stereocenters. The van der Waals surface area contributed by atoms with E-state index in [4.69, 9.17) is 0 Å². The number of amides is 1. The third kappa shape index (κ3) is 3.64. The maximum atomic E-state index is 11.8. The molecule has 1 heterocycles. The van der Waals surface area contributed by atoms with Crippen LogP contribution in [0.4, 0.5) is 0 Å². The van der Waals surface area contributed by atoms with Gasteiger partial charge in [0.25, 0.3) is 0 Å². The Morgan fingerprint density at radius 1 is 1.65 bits per heavy atom. The highest BCUT2D eigenvalue weighted by Crippen LogP contribution is 2.13. The van der Waals surface area contributed by atoms with Gasteiger partial charge in [-0.2, -0.15) is 0 Å². The second kappa shape index (κ2) is 5.42. The summed E-state index contributed by atoms with van der Waals surface area (Å²) >= 11 is 1.55. The Hall–Kier alpha value is -1.20. The summed E-state index contributed by atoms with van der Waals surface area (Å²) in [4.78, 5) is 17.6. The first-order chi connectivity index (χ1) is 7.86. The van der Waals surface area contributed by atoms with Gasteiger partial charge in [-0.3, -0.25) is 4.79 Å². The summed E-state index contributed by atoms with van der Waals surface area (Å²) in [6, 6.07) is 0. The Kier molecular flexibility index (Phi) is 4.42. The van der Waals surface area contributed by atoms with Crippen LogP contribution in [0.1, 0.15) is 24.5 Å². The smallest absolute Gasteiger partial charge is 0.246 e. The summed E-state index contributed by atoms with van der Waals surface area (Å²) in [6.07, 6.45) is 3.17. The van der Waals surface area contributed by atoms with Crippen molar-refractivity contribution < 1.29 is 9.90 Å². The number of carbonyl (C=O) groups is 1. The van der Waals surface area contributed by atoms with Crippen molar-refractivity contribution in [2.24, 2.45) is 0 Å². The number of rotatable bonds is 4. The van der Waals surface area contributed by atoms with Crippen LogP contribution in [0.2, 0.25) is 0 Å². The van der Waals surface area contributed by atoms with Crippen LogP contribution < -0.4 is 0 Å². The predicted octanol–water partition coefficient (Wildman–Crippen LogP) is 1.69. The fourth-order valence-corrected chi connectivity index (χ4v) is 1.71. The third-order valence-corrected chi connectivity index (χ3v) is 3.45. The van der Waals surface area contributed by atoms with Crippen molar-refractivity contribution in [3.8, 4) is 0 Å². The summed E-state index contributed by atoms with van der Waals surface area (Å²) in [5.41, 5.74) is 0.232. The quantitative estimate of drug-likeness (QED) is 0.832. The monoisotopic (exact) mass is 254 g/mol. The minimum Gasteiger partial charge on any atom is -0.394 e. The van der Waals surface area contributed by atoms with E-state index in [1.165, 1.54) is 11.0 Å². The van der Waals surface area contributed by atoms with Gasteiger partial charge in [-0.05, 0) is 26.8 Å². The molecular weight excluding hydrogens is 236 g/mol. The van der Waals surface area contributed by atoms with Crippen LogP contribution in [0.15, 0.2) is 11.5 Å². The zero-order chi connectivity index (χ0) is 13.1. The van der Waals surface area contributed by atoms with Crippen molar-refractivity contribution in [1.82, 2.24) is 9.88 Å². The first-order valence-corrected chi connectivity index (χ1v) is 6.23. The number of nitrogens with zero attached hydrogens (tertiary/aromatic N) is 2. The topological polar surface area (TPSA) is 53.4 Å². The molecule has 94 valence electrons. The molecule has 0 aliphatic carbocycles. The van der Waals surface area contributed by atoms with Gasteiger partial charge in [0.1, 0.15) is 0 Å². The number of aromatic nitrogens is 1. The molecule has 0 aliphatic rings. The van der Waals surface area contributed by atoms with Gasteiger partial charge in [-0.25, -0.2) is 4.98 Å². The standard InChI is InChI=1S/C12H18N2O2S/c1-9-13-10(7-17-9)5-6-11(16)14(4)12(2,3)8-15/h5-7,15H,8H2,1-4H3/b6-5+. The molecule has 1 rings (SSSR count). The molecule has 0 saturated carbocycles. The van der Waals surface area contributed by atoms with Gasteiger partial charge in [0.2, 0.25) is 5.91 Å². The molecule has 0 aromatic carbocycles. The van der Waals surface area contributed by atoms with Crippen LogP contribution in [0, 0.1) is 6.92 Å². The molecule has 1 amide bonds. The van der Waals surface area contributed by atoms with Crippen LogP contribution in [-0.4, -0.2) is 40.1 Å². The summed E-state index contributed by atoms with van der Waals surface area (Å²) in [7, 11) is 1.68. The summed E-state index contributed by atoms with van der Waals surface area (Å²) in [5.74, 6) is -0.144. The van der Waals surface area contributed by atoms with Crippen LogP contribution in [0.5, 0.6) is 0 Å². The molecule has 0 spiro atoms. The number of hydrogen-bond donors (Lipinski definition) is 1. The van der Waals surface area contributed by atoms with E-state index in [-0.39, 0.29) is 12.5 Å². The lowest BCUT2D eigenvalue weighted by Gasteiger charge is -2.33. The van der Waals surface area contributed by atoms with Crippen molar-refractivity contribution in [3.05, 3.63) is 22.2 Å². The Bertz CT molecular complexity index is 424. The highest BCUT2D eigenvalue weighted by molar-refractivity contribution is 7.09. The van der Waals surface area contributed by atoms with Gasteiger partial charge in [0.15, 0.2) is 0 Å². The lowest BCUT2D eigenvalue weighted by Crippen LogP contribution is -2.47. The molecule has 0 fully saturated rings. The van der Waals surface area contributed by atoms with E-state index >= 15 is 0 Å². The number of thiazole rings is 1. The second-order valence-corrected chi connectivity index (χ2v) is 5.55. The highest BCUT2D eigenvalue weighted by atomic mass is 32.1. The minimum absolute atomic E-state index is 0.0705. The van der Waals surface area contributed by atoms with E-state index in [0.29, 0.717) is 0 Å². The van der Waals surface area contributed by atoms with Crippen molar-refractivity contribution in [1.29, 1.82) is 0 Å². The molecule has 1 aromatic rings. The van der Waals surface area contributed by atoms with Gasteiger partial charge < -0.3 is 10.0 Å². The molecule has 0 aliphatic heterocycles. The van der Waals surface area contributed by atoms with Gasteiger partial charge in [-0.1, -0.05) is 0 Å². The summed E-state index contributed by atoms with van der Waals surface area (Å²) in [5, 5.41) is 12.0. The number of hydrogen-bond acceptors (Lipinski definition) is 4. The highest BCUT2D eigenvalue weighted by Gasteiger charge is 2.25. The minimum atomic E-state index is -0.556. The lowest BCUT2D eigenvalue weighted by atomic mass is 10.1. The van der Waals surface area contributed by atoms with Gasteiger partial charge in [0, 0.05) is 18.5 Å². The van der Waals surface area contributed by atoms with Gasteiger partial charge in [-0.15, -0.1) is 11.3 Å². The number of aryl methyl sites for hydroxylation is 1. The van der Waals surface area contributed by atoms with Crippen LogP contribution >= 0.6 is 11.3 Å². The summed E-state index contributed by atoms with van der Waals surface area (Å²) in [6.45, 7) is 5.47. The Balaban J connectivity index is 2.69. The van der Waals surface area contributed by atoms with Crippen molar-refractivity contribution in [2.75, 3.05) is 13.7 Å². The summed E-state index contributed by atoms with van der Waals surface area (Å²) < 4.78 is 0. The van der Waals surface area contributed by atoms with E-state index < -0.39 is 5.54 Å². The zero-order valence-electron chi connectivity index (χ0n) is 10.6. The largest absolute Gasteiger partial charge is 0.394 e. The number of aliphatic hydroxyl groups is 1. The fraction of sp³-hybridized carbons (Fsp3) is 0.500. The Labute approximate surface area is 106 Å². The van der Waals surface area contributed by atoms with Crippen molar-refractivity contribution >= 4 is 23.3 Å². The molecule has 0 radical (unpaired) electrons. The molecule has 0 bridgehead atoms. The molecule has 1 N–H and O–H groups in total. The average Bonchev–Trinajstić information content (AvgIpc) is 2.71. The van der Waals surface area contributed by atoms with Crippen LogP contribution in [0.3, 0.4) is 0 Å². The normalized spacial score (nSPS) is 12.1. The van der Waals surface area contributed by atoms with E-state index in [0.717, 1.165) is 10.7 Å².